The van der Waals surface area contributed by atoms with Crippen LogP contribution in [0, 0.1) is 5.92 Å². The molecule has 0 aromatic rings. The van der Waals surface area contributed by atoms with E-state index in [-0.39, 0.29) is 6.47 Å². The van der Waals surface area contributed by atoms with Gasteiger partial charge in [0, 0.05) is 19.6 Å². The van der Waals surface area contributed by atoms with Crippen LogP contribution in [0.1, 0.15) is 41.5 Å². The van der Waals surface area contributed by atoms with Gasteiger partial charge in [-0.1, -0.05) is 26.5 Å². The van der Waals surface area contributed by atoms with Crippen molar-refractivity contribution < 1.29 is 19.4 Å². The molecular formula is C19H35N3O4. The Labute approximate surface area is 157 Å². The zero-order chi connectivity index (χ0) is 20.9. The Bertz CT molecular complexity index is 505. The third-order valence-corrected chi connectivity index (χ3v) is 3.55. The van der Waals surface area contributed by atoms with Crippen molar-refractivity contribution in [3.05, 3.63) is 24.3 Å². The summed E-state index contributed by atoms with van der Waals surface area (Å²) in [5, 5.41) is 9.55. The van der Waals surface area contributed by atoms with Gasteiger partial charge >= 0.3 is 6.09 Å². The van der Waals surface area contributed by atoms with Crippen LogP contribution in [0.5, 0.6) is 0 Å². The van der Waals surface area contributed by atoms with Crippen LogP contribution in [0.3, 0.4) is 0 Å². The van der Waals surface area contributed by atoms with Crippen LogP contribution in [0.2, 0.25) is 0 Å². The molecule has 0 saturated carbocycles. The molecule has 0 rings (SSSR count). The third kappa shape index (κ3) is 13.2. The Morgan fingerprint density at radius 3 is 2.19 bits per heavy atom. The van der Waals surface area contributed by atoms with Crippen LogP contribution in [-0.2, 0) is 9.53 Å². The van der Waals surface area contributed by atoms with Gasteiger partial charge in [0.05, 0.1) is 0 Å². The molecule has 0 spiro atoms. The molecule has 7 heteroatoms. The minimum absolute atomic E-state index is 0.250. The summed E-state index contributed by atoms with van der Waals surface area (Å²) >= 11 is 0. The van der Waals surface area contributed by atoms with Crippen LogP contribution < -0.4 is 5.32 Å². The topological polar surface area (TPSA) is 91.2 Å². The first-order chi connectivity index (χ1) is 11.9. The summed E-state index contributed by atoms with van der Waals surface area (Å²) in [6.45, 7) is 16.4. The van der Waals surface area contributed by atoms with Gasteiger partial charge in [0.25, 0.3) is 6.47 Å². The monoisotopic (exact) mass is 369 g/mol. The second-order valence-electron chi connectivity index (χ2n) is 7.16. The van der Waals surface area contributed by atoms with Gasteiger partial charge in [-0.05, 0) is 52.3 Å². The number of likely N-dealkylation sites (N-methyl/N-ethyl adjacent to an activating group) is 1. The van der Waals surface area contributed by atoms with E-state index in [0.29, 0.717) is 17.8 Å². The molecule has 0 aromatic heterocycles. The number of amidine groups is 1. The lowest BCUT2D eigenvalue weighted by Gasteiger charge is -2.28. The molecule has 26 heavy (non-hydrogen) atoms. The van der Waals surface area contributed by atoms with Crippen LogP contribution in [0.15, 0.2) is 29.3 Å². The van der Waals surface area contributed by atoms with Crippen LogP contribution >= 0.6 is 0 Å². The number of amides is 1. The summed E-state index contributed by atoms with van der Waals surface area (Å²) in [6.07, 6.45) is 3.09. The number of ether oxygens (including phenoxy) is 1. The highest BCUT2D eigenvalue weighted by Gasteiger charge is 2.17. The zero-order valence-electron chi connectivity index (χ0n) is 17.4. The molecule has 0 heterocycles. The molecule has 0 aliphatic heterocycles. The molecule has 1 unspecified atom stereocenters. The molecule has 1 atom stereocenters. The van der Waals surface area contributed by atoms with E-state index in [1.807, 2.05) is 26.8 Å². The molecule has 0 aliphatic carbocycles. The Morgan fingerprint density at radius 1 is 1.35 bits per heavy atom. The maximum Gasteiger partial charge on any atom is 0.413 e. The number of aliphatic imine (C=N–C) groups is 1. The van der Waals surface area contributed by atoms with Gasteiger partial charge in [-0.15, -0.1) is 0 Å². The van der Waals surface area contributed by atoms with Crippen molar-refractivity contribution in [3.8, 4) is 0 Å². The van der Waals surface area contributed by atoms with Crippen molar-refractivity contribution in [2.45, 2.75) is 53.2 Å². The summed E-state index contributed by atoms with van der Waals surface area (Å²) in [4.78, 5) is 26.5. The summed E-state index contributed by atoms with van der Waals surface area (Å²) < 4.78 is 5.24. The van der Waals surface area contributed by atoms with Crippen molar-refractivity contribution in [1.82, 2.24) is 10.2 Å². The first-order valence-corrected chi connectivity index (χ1v) is 8.49. The lowest BCUT2D eigenvalue weighted by atomic mass is 10.0. The SMILES string of the molecule is C=C/C(=C\C(=NC)NC(=O)OC(C)(C)C)CN(C)C(C)C(C)C.O=CO. The second kappa shape index (κ2) is 13.1. The lowest BCUT2D eigenvalue weighted by molar-refractivity contribution is -0.122. The maximum absolute atomic E-state index is 11.8. The van der Waals surface area contributed by atoms with E-state index in [0.717, 1.165) is 12.1 Å². The Morgan fingerprint density at radius 2 is 1.85 bits per heavy atom. The maximum atomic E-state index is 11.8. The first kappa shape index (κ1) is 26.1. The second-order valence-corrected chi connectivity index (χ2v) is 7.16. The van der Waals surface area contributed by atoms with Gasteiger partial charge in [-0.3, -0.25) is 20.0 Å². The third-order valence-electron chi connectivity index (χ3n) is 3.55. The van der Waals surface area contributed by atoms with E-state index < -0.39 is 11.7 Å². The van der Waals surface area contributed by atoms with Crippen LogP contribution in [0.4, 0.5) is 4.79 Å². The van der Waals surface area contributed by atoms with Crippen molar-refractivity contribution in [2.75, 3.05) is 20.6 Å². The average molecular weight is 370 g/mol. The molecule has 2 N–H and O–H groups in total. The molecule has 0 radical (unpaired) electrons. The molecule has 0 aliphatic rings. The fourth-order valence-electron chi connectivity index (χ4n) is 1.85. The van der Waals surface area contributed by atoms with Crippen molar-refractivity contribution in [1.29, 1.82) is 0 Å². The highest BCUT2D eigenvalue weighted by atomic mass is 16.6. The number of carbonyl (C=O) groups excluding carboxylic acids is 1. The minimum Gasteiger partial charge on any atom is -0.483 e. The first-order valence-electron chi connectivity index (χ1n) is 8.49. The van der Waals surface area contributed by atoms with Gasteiger partial charge in [0.2, 0.25) is 0 Å². The van der Waals surface area contributed by atoms with E-state index in [1.54, 1.807) is 13.1 Å². The molecule has 0 fully saturated rings. The van der Waals surface area contributed by atoms with Crippen LogP contribution in [-0.4, -0.2) is 60.7 Å². The predicted molar refractivity (Wildman–Crippen MR) is 107 cm³/mol. The van der Waals surface area contributed by atoms with E-state index in [2.05, 4.69) is 49.6 Å². The van der Waals surface area contributed by atoms with Gasteiger partial charge in [0.15, 0.2) is 0 Å². The number of alkyl carbamates (subject to hydrolysis) is 1. The Hall–Kier alpha value is -2.15. The normalized spacial score (nSPS) is 13.6. The van der Waals surface area contributed by atoms with Crippen LogP contribution in [0.25, 0.3) is 0 Å². The van der Waals surface area contributed by atoms with E-state index in [4.69, 9.17) is 14.6 Å². The van der Waals surface area contributed by atoms with Crippen molar-refractivity contribution in [2.24, 2.45) is 10.9 Å². The molecule has 0 aromatic carbocycles. The molecule has 150 valence electrons. The minimum atomic E-state index is -0.541. The lowest BCUT2D eigenvalue weighted by Crippen LogP contribution is -2.37. The fraction of sp³-hybridized carbons (Fsp3) is 0.632. The molecule has 7 nitrogen and oxygen atoms in total. The molecular weight excluding hydrogens is 334 g/mol. The van der Waals surface area contributed by atoms with Crippen molar-refractivity contribution >= 4 is 18.4 Å². The highest BCUT2D eigenvalue weighted by Crippen LogP contribution is 2.11. The molecule has 0 saturated heterocycles. The summed E-state index contributed by atoms with van der Waals surface area (Å²) in [5.41, 5.74) is 0.442. The van der Waals surface area contributed by atoms with E-state index >= 15 is 0 Å². The van der Waals surface area contributed by atoms with E-state index in [9.17, 15) is 4.79 Å². The van der Waals surface area contributed by atoms with E-state index in [1.165, 1.54) is 0 Å². The number of carbonyl (C=O) groups is 2. The standard InChI is InChI=1S/C18H33N3O2.CH2O2/c1-10-15(12-21(9)14(4)13(2)3)11-16(19-8)20-17(22)23-18(5,6)7;2-1-3/h10-11,13-14H,1,12H2,2-9H3,(H,19,20,22);1H,(H,2,3)/b15-11+;. The van der Waals surface area contributed by atoms with Gasteiger partial charge in [-0.2, -0.15) is 0 Å². The Kier molecular flexibility index (Phi) is 13.1. The van der Waals surface area contributed by atoms with Gasteiger partial charge in [-0.25, -0.2) is 4.79 Å². The number of hydrogen-bond donors (Lipinski definition) is 2. The fourth-order valence-corrected chi connectivity index (χ4v) is 1.85. The number of hydrogen-bond acceptors (Lipinski definition) is 5. The molecule has 0 bridgehead atoms. The Balaban J connectivity index is 0. The summed E-state index contributed by atoms with van der Waals surface area (Å²) in [7, 11) is 3.70. The van der Waals surface area contributed by atoms with Crippen molar-refractivity contribution in [3.63, 3.8) is 0 Å². The predicted octanol–water partition coefficient (Wildman–Crippen LogP) is 3.33. The number of carboxylic acid groups (broad SMARTS) is 1. The number of rotatable bonds is 6. The van der Waals surface area contributed by atoms with Gasteiger partial charge < -0.3 is 9.84 Å². The summed E-state index contributed by atoms with van der Waals surface area (Å²) in [5.74, 6) is 1.02. The quantitative estimate of drug-likeness (QED) is 0.324. The van der Waals surface area contributed by atoms with Gasteiger partial charge in [0.1, 0.15) is 11.4 Å². The highest BCUT2D eigenvalue weighted by molar-refractivity contribution is 6.02. The smallest absolute Gasteiger partial charge is 0.413 e. The molecule has 1 amide bonds. The average Bonchev–Trinajstić information content (AvgIpc) is 2.51. The number of nitrogens with one attached hydrogen (secondary N) is 1. The summed E-state index contributed by atoms with van der Waals surface area (Å²) in [6, 6.07) is 0.444. The number of nitrogens with zero attached hydrogens (tertiary/aromatic N) is 2. The zero-order valence-corrected chi connectivity index (χ0v) is 17.4. The largest absolute Gasteiger partial charge is 0.483 e.